The van der Waals surface area contributed by atoms with E-state index in [1.807, 2.05) is 0 Å². The number of nitrogens with one attached hydrogen (secondary N) is 4. The molecule has 0 atom stereocenters. The molecular formula is C10H32N4O4Si4. The highest BCUT2D eigenvalue weighted by molar-refractivity contribution is 7.01. The number of hydrogen-bond acceptors (Lipinski definition) is 8. The molecule has 12 heteroatoms. The van der Waals surface area contributed by atoms with Gasteiger partial charge in [-0.25, -0.2) is 0 Å². The molecule has 1 aliphatic rings. The van der Waals surface area contributed by atoms with Gasteiger partial charge in [0.15, 0.2) is 0 Å². The van der Waals surface area contributed by atoms with Crippen LogP contribution >= 0.6 is 0 Å². The summed E-state index contributed by atoms with van der Waals surface area (Å²) in [7, 11) is -2.66. The van der Waals surface area contributed by atoms with Gasteiger partial charge in [-0.3, -0.25) is 18.6 Å². The molecule has 0 spiro atoms. The zero-order valence-electron chi connectivity index (χ0n) is 15.0. The summed E-state index contributed by atoms with van der Waals surface area (Å²) in [5.74, 6) is 0. The Bertz CT molecular complexity index is 321. The van der Waals surface area contributed by atoms with Crippen molar-refractivity contribution in [2.24, 2.45) is 0 Å². The van der Waals surface area contributed by atoms with Crippen molar-refractivity contribution in [3.63, 3.8) is 0 Å². The summed E-state index contributed by atoms with van der Waals surface area (Å²) in [6.45, 7) is 8.43. The van der Waals surface area contributed by atoms with Gasteiger partial charge in [-0.15, -0.1) is 0 Å². The fourth-order valence-electron chi connectivity index (χ4n) is 2.72. The fourth-order valence-corrected chi connectivity index (χ4v) is 25.0. The summed E-state index contributed by atoms with van der Waals surface area (Å²) in [6.07, 6.45) is 0. The predicted molar refractivity (Wildman–Crippen MR) is 96.3 cm³/mol. The maximum atomic E-state index is 5.91. The molecule has 0 aliphatic carbocycles. The smallest absolute Gasteiger partial charge is 0.343 e. The monoisotopic (exact) mass is 384 g/mol. The summed E-state index contributed by atoms with van der Waals surface area (Å²) < 4.78 is 38.3. The van der Waals surface area contributed by atoms with Crippen LogP contribution < -0.4 is 18.6 Å². The highest BCUT2D eigenvalue weighted by atomic mass is 28.5. The van der Waals surface area contributed by atoms with E-state index in [-0.39, 0.29) is 0 Å². The third-order valence-electron chi connectivity index (χ3n) is 4.27. The van der Waals surface area contributed by atoms with E-state index in [2.05, 4.69) is 45.5 Å². The first-order valence-electron chi connectivity index (χ1n) is 7.57. The van der Waals surface area contributed by atoms with Gasteiger partial charge >= 0.3 is 34.6 Å². The number of rotatable bonds is 6. The van der Waals surface area contributed by atoms with E-state index in [0.717, 1.165) is 12.1 Å². The summed E-state index contributed by atoms with van der Waals surface area (Å²) in [5, 5.41) is 0. The molecule has 132 valence electrons. The van der Waals surface area contributed by atoms with Gasteiger partial charge in [0.2, 0.25) is 0 Å². The standard InChI is InChI=1S/C10H32N4O4Si4/c1-9-21(17-5)11-19(7,15-3)13-22(10-2,18-6)14-20(8,12-21)16-4/h11-14H,9-10H2,1-8H3. The summed E-state index contributed by atoms with van der Waals surface area (Å²) in [5.41, 5.74) is 0. The Hall–Kier alpha value is 0.548. The highest BCUT2D eigenvalue weighted by Gasteiger charge is 2.57. The van der Waals surface area contributed by atoms with E-state index >= 15 is 0 Å². The molecule has 4 N–H and O–H groups in total. The molecule has 0 aromatic heterocycles. The minimum absolute atomic E-state index is 0.860. The first-order valence-corrected chi connectivity index (χ1v) is 16.6. The maximum absolute atomic E-state index is 5.91. The zero-order valence-corrected chi connectivity index (χ0v) is 19.0. The lowest BCUT2D eigenvalue weighted by Gasteiger charge is -2.50. The van der Waals surface area contributed by atoms with E-state index in [0.29, 0.717) is 0 Å². The molecule has 1 fully saturated rings. The van der Waals surface area contributed by atoms with Crippen molar-refractivity contribution < 1.29 is 17.7 Å². The Morgan fingerprint density at radius 1 is 0.591 bits per heavy atom. The largest absolute Gasteiger partial charge is 0.396 e. The lowest BCUT2D eigenvalue weighted by Crippen LogP contribution is -2.92. The van der Waals surface area contributed by atoms with E-state index in [4.69, 9.17) is 17.7 Å². The quantitative estimate of drug-likeness (QED) is 0.476. The van der Waals surface area contributed by atoms with Crippen molar-refractivity contribution in [1.29, 1.82) is 0 Å². The first kappa shape index (κ1) is 20.6. The molecule has 0 radical (unpaired) electrons. The molecule has 1 rings (SSSR count). The molecule has 0 saturated carbocycles. The van der Waals surface area contributed by atoms with Crippen LogP contribution in [0.5, 0.6) is 0 Å². The third-order valence-corrected chi connectivity index (χ3v) is 23.4. The van der Waals surface area contributed by atoms with Crippen LogP contribution in [0, 0.1) is 0 Å². The van der Waals surface area contributed by atoms with E-state index in [9.17, 15) is 0 Å². The molecule has 0 unspecified atom stereocenters. The summed E-state index contributed by atoms with van der Waals surface area (Å²) in [6, 6.07) is 1.72. The first-order chi connectivity index (χ1) is 10.2. The lowest BCUT2D eigenvalue weighted by atomic mass is 11.0. The predicted octanol–water partition coefficient (Wildman–Crippen LogP) is -0.001000. The zero-order chi connectivity index (χ0) is 17.1. The Balaban J connectivity index is 3.31. The minimum atomic E-state index is -2.41. The SMILES string of the molecule is CC[Si]1(OC)N[Si](C)(OC)N[Si](CC)(OC)N[Si](C)(OC)N1. The highest BCUT2D eigenvalue weighted by Crippen LogP contribution is 2.18. The average molecular weight is 385 g/mol. The van der Waals surface area contributed by atoms with E-state index in [1.54, 1.807) is 28.4 Å². The van der Waals surface area contributed by atoms with Gasteiger partial charge in [-0.1, -0.05) is 13.8 Å². The van der Waals surface area contributed by atoms with Gasteiger partial charge in [-0.05, 0) is 25.2 Å². The Morgan fingerprint density at radius 2 is 0.864 bits per heavy atom. The Kier molecular flexibility index (Phi) is 7.13. The summed E-state index contributed by atoms with van der Waals surface area (Å²) in [4.78, 5) is 0. The normalized spacial score (nSPS) is 43.6. The van der Waals surface area contributed by atoms with Crippen LogP contribution in [-0.2, 0) is 17.7 Å². The van der Waals surface area contributed by atoms with Crippen LogP contribution in [-0.4, -0.2) is 63.0 Å². The Morgan fingerprint density at radius 3 is 1.00 bits per heavy atom. The second kappa shape index (κ2) is 7.62. The van der Waals surface area contributed by atoms with Crippen molar-refractivity contribution in [2.75, 3.05) is 28.4 Å². The van der Waals surface area contributed by atoms with Crippen LogP contribution in [0.4, 0.5) is 0 Å². The second-order valence-electron chi connectivity index (χ2n) is 5.74. The van der Waals surface area contributed by atoms with Crippen LogP contribution in [0.2, 0.25) is 25.2 Å². The van der Waals surface area contributed by atoms with Crippen LogP contribution in [0.1, 0.15) is 13.8 Å². The molecule has 1 aliphatic heterocycles. The van der Waals surface area contributed by atoms with Crippen molar-refractivity contribution in [1.82, 2.24) is 18.6 Å². The Labute approximate surface area is 138 Å². The van der Waals surface area contributed by atoms with Crippen molar-refractivity contribution in [2.45, 2.75) is 39.0 Å². The molecule has 0 aromatic rings. The van der Waals surface area contributed by atoms with Gasteiger partial charge in [0.1, 0.15) is 0 Å². The van der Waals surface area contributed by atoms with E-state index < -0.39 is 34.6 Å². The molecule has 0 amide bonds. The van der Waals surface area contributed by atoms with Crippen molar-refractivity contribution in [3.8, 4) is 0 Å². The van der Waals surface area contributed by atoms with E-state index in [1.165, 1.54) is 0 Å². The van der Waals surface area contributed by atoms with Gasteiger partial charge < -0.3 is 17.7 Å². The van der Waals surface area contributed by atoms with Crippen molar-refractivity contribution >= 4 is 34.6 Å². The van der Waals surface area contributed by atoms with Crippen LogP contribution in [0.3, 0.4) is 0 Å². The van der Waals surface area contributed by atoms with Crippen LogP contribution in [0.15, 0.2) is 0 Å². The van der Waals surface area contributed by atoms with Gasteiger partial charge in [0.05, 0.1) is 0 Å². The minimum Gasteiger partial charge on any atom is -0.396 e. The molecule has 1 heterocycles. The van der Waals surface area contributed by atoms with Gasteiger partial charge in [-0.2, -0.15) is 0 Å². The molecule has 1 saturated heterocycles. The topological polar surface area (TPSA) is 85.0 Å². The number of hydrogen-bond donors (Lipinski definition) is 4. The molecule has 22 heavy (non-hydrogen) atoms. The molecule has 8 nitrogen and oxygen atoms in total. The molecule has 0 bridgehead atoms. The van der Waals surface area contributed by atoms with Crippen LogP contribution in [0.25, 0.3) is 0 Å². The molecular weight excluding hydrogens is 352 g/mol. The maximum Gasteiger partial charge on any atom is 0.343 e. The average Bonchev–Trinajstić information content (AvgIpc) is 2.52. The van der Waals surface area contributed by atoms with Crippen molar-refractivity contribution in [3.05, 3.63) is 0 Å². The van der Waals surface area contributed by atoms with Gasteiger partial charge in [0.25, 0.3) is 0 Å². The second-order valence-corrected chi connectivity index (χ2v) is 20.2. The third kappa shape index (κ3) is 4.34. The fraction of sp³-hybridized carbons (Fsp3) is 1.00. The molecule has 0 aromatic carbocycles. The summed E-state index contributed by atoms with van der Waals surface area (Å²) >= 11 is 0. The van der Waals surface area contributed by atoms with Gasteiger partial charge in [0, 0.05) is 28.4 Å². The lowest BCUT2D eigenvalue weighted by molar-refractivity contribution is 0.320.